The Morgan fingerprint density at radius 2 is 0.975 bits per heavy atom. The smallest absolute Gasteiger partial charge is 0.326 e. The maximum atomic E-state index is 14.8. The van der Waals surface area contributed by atoms with Crippen LogP contribution in [0, 0.1) is 11.8 Å². The number of fused-ring (bicyclic) bond motifs is 1. The first-order valence-electron chi connectivity index (χ1n) is 27.0. The van der Waals surface area contributed by atoms with E-state index in [1.807, 2.05) is 52.0 Å². The van der Waals surface area contributed by atoms with Gasteiger partial charge in [0.05, 0.1) is 25.0 Å². The van der Waals surface area contributed by atoms with Gasteiger partial charge in [-0.15, -0.1) is 0 Å². The zero-order valence-corrected chi connectivity index (χ0v) is 46.1. The molecule has 20 N–H and O–H groups in total. The van der Waals surface area contributed by atoms with Gasteiger partial charge < -0.3 is 85.2 Å². The Balaban J connectivity index is 1.41. The molecule has 28 heteroatoms. The van der Waals surface area contributed by atoms with Crippen molar-refractivity contribution < 1.29 is 43.5 Å². The Kier molecular flexibility index (Phi) is 24.8. The zero-order chi connectivity index (χ0) is 59.0. The molecule has 0 radical (unpaired) electrons. The lowest BCUT2D eigenvalue weighted by atomic mass is 9.99. The van der Waals surface area contributed by atoms with E-state index in [4.69, 9.17) is 22.9 Å². The molecule has 4 heterocycles. The number of imidazole rings is 3. The second-order valence-corrected chi connectivity index (χ2v) is 20.8. The molecule has 0 spiro atoms. The number of carbonyl (C=O) groups excluding carboxylic acids is 7. The molecule has 0 aliphatic heterocycles. The number of carboxylic acids is 1. The van der Waals surface area contributed by atoms with E-state index < -0.39 is 95.7 Å². The van der Waals surface area contributed by atoms with Crippen LogP contribution < -0.4 is 60.2 Å². The average molecular weight is 1130 g/mol. The summed E-state index contributed by atoms with van der Waals surface area (Å²) < 4.78 is 0. The third kappa shape index (κ3) is 20.8. The van der Waals surface area contributed by atoms with Gasteiger partial charge in [0.2, 0.25) is 41.4 Å². The number of para-hydroxylation sites is 1. The normalized spacial score (nSPS) is 14.3. The molecule has 1 aromatic carbocycles. The lowest BCUT2D eigenvalue weighted by Gasteiger charge is -2.28. The summed E-state index contributed by atoms with van der Waals surface area (Å²) in [7, 11) is 0. The van der Waals surface area contributed by atoms with Crippen LogP contribution in [0.15, 0.2) is 73.0 Å². The number of hydrogen-bond donors (Lipinski definition) is 16. The van der Waals surface area contributed by atoms with Crippen molar-refractivity contribution in [3.8, 4) is 0 Å². The highest BCUT2D eigenvalue weighted by atomic mass is 16.4. The van der Waals surface area contributed by atoms with E-state index in [9.17, 15) is 43.5 Å². The van der Waals surface area contributed by atoms with Gasteiger partial charge in [0.15, 0.2) is 5.96 Å². The lowest BCUT2D eigenvalue weighted by molar-refractivity contribution is -0.142. The fraction of sp³-hybridized carbons (Fsp3) is 0.509. The van der Waals surface area contributed by atoms with Gasteiger partial charge in [-0.25, -0.2) is 19.7 Å². The summed E-state index contributed by atoms with van der Waals surface area (Å²) in [4.78, 5) is 140. The number of carbonyl (C=O) groups is 8. The van der Waals surface area contributed by atoms with Crippen molar-refractivity contribution in [2.75, 3.05) is 13.1 Å². The molecule has 4 aromatic heterocycles. The highest BCUT2D eigenvalue weighted by molar-refractivity contribution is 5.98. The van der Waals surface area contributed by atoms with Gasteiger partial charge in [0.25, 0.3) is 0 Å². The van der Waals surface area contributed by atoms with Gasteiger partial charge in [-0.05, 0) is 75.0 Å². The topological polar surface area (TPSA) is 459 Å². The Bertz CT molecular complexity index is 2830. The van der Waals surface area contributed by atoms with Crippen LogP contribution in [0.5, 0.6) is 0 Å². The predicted octanol–water partition coefficient (Wildman–Crippen LogP) is -1.31. The minimum Gasteiger partial charge on any atom is -0.480 e. The maximum Gasteiger partial charge on any atom is 0.326 e. The van der Waals surface area contributed by atoms with Gasteiger partial charge >= 0.3 is 5.97 Å². The highest BCUT2D eigenvalue weighted by Gasteiger charge is 2.36. The first kappa shape index (κ1) is 63.2. The Labute approximate surface area is 468 Å². The SMILES string of the molecule is CC(C)C[C@@H](NC(=O)[C@H](N)Cc1cnc[nH]1)C(=O)N[C@@H](Cc1cnc[nH]1)C(=O)N[C@H](CCCCN)C(=O)N[C@@H](Cc1cnc[nH]1)C(=O)N[C@H](Cc1c[nH]c2ccccc12)C(=O)N[C@H](CC(C)C)C(=O)N[C@H](CCCN=C(N)N)C(=O)O. The number of nitrogens with two attached hydrogens (primary N) is 4. The molecular weight excluding hydrogens is 1050 g/mol. The van der Waals surface area contributed by atoms with Crippen molar-refractivity contribution in [1.82, 2.24) is 72.1 Å². The summed E-state index contributed by atoms with van der Waals surface area (Å²) in [6.45, 7) is 7.75. The number of benzene rings is 1. The molecule has 440 valence electrons. The summed E-state index contributed by atoms with van der Waals surface area (Å²) in [6.07, 6.45) is 11.5. The van der Waals surface area contributed by atoms with Crippen LogP contribution in [0.4, 0.5) is 0 Å². The molecule has 0 bridgehead atoms. The number of nitrogens with one attached hydrogen (secondary N) is 11. The van der Waals surface area contributed by atoms with Crippen molar-refractivity contribution in [2.24, 2.45) is 39.8 Å². The monoisotopic (exact) mass is 1130 g/mol. The van der Waals surface area contributed by atoms with E-state index in [1.165, 1.54) is 37.6 Å². The number of aliphatic carboxylic acids is 1. The number of rotatable bonds is 35. The molecule has 0 aliphatic rings. The number of guanidine groups is 1. The number of hydrogen-bond acceptors (Lipinski definition) is 14. The second kappa shape index (κ2) is 31.8. The van der Waals surface area contributed by atoms with Crippen LogP contribution in [0.2, 0.25) is 0 Å². The largest absolute Gasteiger partial charge is 0.480 e. The van der Waals surface area contributed by atoms with Crippen molar-refractivity contribution in [3.05, 3.63) is 90.7 Å². The summed E-state index contributed by atoms with van der Waals surface area (Å²) in [5, 5.41) is 29.9. The fourth-order valence-electron chi connectivity index (χ4n) is 8.95. The Morgan fingerprint density at radius 1 is 0.543 bits per heavy atom. The highest BCUT2D eigenvalue weighted by Crippen LogP contribution is 2.20. The summed E-state index contributed by atoms with van der Waals surface area (Å²) in [6, 6.07) is -2.89. The average Bonchev–Trinajstić information content (AvgIpc) is 4.29. The van der Waals surface area contributed by atoms with Crippen molar-refractivity contribution in [3.63, 3.8) is 0 Å². The number of H-pyrrole nitrogens is 4. The van der Waals surface area contributed by atoms with E-state index in [0.717, 1.165) is 10.9 Å². The van der Waals surface area contributed by atoms with Gasteiger partial charge in [-0.1, -0.05) is 45.9 Å². The summed E-state index contributed by atoms with van der Waals surface area (Å²) in [5.41, 5.74) is 25.8. The molecule has 5 aromatic rings. The minimum absolute atomic E-state index is 0.0206. The molecule has 8 atom stereocenters. The Hall–Kier alpha value is -8.66. The van der Waals surface area contributed by atoms with Crippen LogP contribution in [0.3, 0.4) is 0 Å². The van der Waals surface area contributed by atoms with Crippen molar-refractivity contribution in [1.29, 1.82) is 0 Å². The number of aliphatic imine (C=N–C) groups is 1. The number of unbranched alkanes of at least 4 members (excludes halogenated alkanes) is 1. The standard InChI is InChI=1S/C53H79N19O9/c1-29(2)16-40(68-45(73)36(55)19-32-23-58-26-63-32)48(76)72-43(20-33-24-59-27-64-33)50(78)66-38(12-7-8-14-54)46(74)71-44(21-34-25-60-28-65-34)51(79)70-42(18-31-22-62-37-11-6-5-10-35(31)37)49(77)69-41(17-30(3)4)47(75)67-39(52(80)81)13-9-15-61-53(56)57/h5-6,10-11,22-30,36,38-44,62H,7-9,12-21,54-55H2,1-4H3,(H,58,63)(H,59,64)(H,60,65)(H,66,78)(H,67,75)(H,68,73)(H,69,77)(H,70,79)(H,71,74)(H,72,76)(H,80,81)(H4,56,57,61)/t36-,38-,39-,40-,41-,42-,43+,44+/m1/s1. The van der Waals surface area contributed by atoms with Gasteiger partial charge in [0.1, 0.15) is 42.3 Å². The number of aromatic nitrogens is 7. The molecular formula is C53H79N19O9. The lowest BCUT2D eigenvalue weighted by Crippen LogP contribution is -2.61. The van der Waals surface area contributed by atoms with Crippen LogP contribution >= 0.6 is 0 Å². The van der Waals surface area contributed by atoms with Crippen LogP contribution in [-0.4, -0.2) is 155 Å². The summed E-state index contributed by atoms with van der Waals surface area (Å²) >= 11 is 0. The van der Waals surface area contributed by atoms with Crippen LogP contribution in [0.1, 0.15) is 95.3 Å². The van der Waals surface area contributed by atoms with Crippen LogP contribution in [-0.2, 0) is 64.0 Å². The van der Waals surface area contributed by atoms with Gasteiger partial charge in [0, 0.05) is 85.0 Å². The third-order valence-electron chi connectivity index (χ3n) is 13.1. The minimum atomic E-state index is -1.42. The first-order chi connectivity index (χ1) is 38.7. The van der Waals surface area contributed by atoms with E-state index in [0.29, 0.717) is 35.5 Å². The molecule has 81 heavy (non-hydrogen) atoms. The van der Waals surface area contributed by atoms with E-state index in [-0.39, 0.29) is 88.7 Å². The molecule has 0 saturated heterocycles. The molecule has 0 saturated carbocycles. The quantitative estimate of drug-likeness (QED) is 0.0127. The molecule has 0 aliphatic carbocycles. The first-order valence-corrected chi connectivity index (χ1v) is 27.0. The maximum absolute atomic E-state index is 14.8. The molecule has 28 nitrogen and oxygen atoms in total. The molecule has 0 unspecified atom stereocenters. The van der Waals surface area contributed by atoms with Crippen molar-refractivity contribution in [2.45, 2.75) is 147 Å². The predicted molar refractivity (Wildman–Crippen MR) is 300 cm³/mol. The summed E-state index contributed by atoms with van der Waals surface area (Å²) in [5.74, 6) is -6.98. The van der Waals surface area contributed by atoms with Gasteiger partial charge in [-0.3, -0.25) is 38.6 Å². The Morgan fingerprint density at radius 3 is 1.46 bits per heavy atom. The third-order valence-corrected chi connectivity index (χ3v) is 13.1. The zero-order valence-electron chi connectivity index (χ0n) is 46.1. The fourth-order valence-corrected chi connectivity index (χ4v) is 8.95. The number of carboxylic acid groups (broad SMARTS) is 1. The van der Waals surface area contributed by atoms with Crippen molar-refractivity contribution >= 4 is 64.2 Å². The molecule has 7 amide bonds. The van der Waals surface area contributed by atoms with E-state index in [2.05, 4.69) is 77.1 Å². The van der Waals surface area contributed by atoms with Gasteiger partial charge in [-0.2, -0.15) is 0 Å². The number of amides is 7. The number of nitrogens with zero attached hydrogens (tertiary/aromatic N) is 4. The molecule has 5 rings (SSSR count). The van der Waals surface area contributed by atoms with Crippen LogP contribution in [0.25, 0.3) is 10.9 Å². The number of aromatic amines is 4. The van der Waals surface area contributed by atoms with E-state index >= 15 is 0 Å². The second-order valence-electron chi connectivity index (χ2n) is 20.8. The van der Waals surface area contributed by atoms with E-state index in [1.54, 1.807) is 6.20 Å². The molecule has 0 fully saturated rings.